The molecule has 0 aliphatic heterocycles. The summed E-state index contributed by atoms with van der Waals surface area (Å²) in [4.78, 5) is 0. The van der Waals surface area contributed by atoms with Gasteiger partial charge in [0, 0.05) is 0 Å². The van der Waals surface area contributed by atoms with Crippen molar-refractivity contribution < 1.29 is 14.4 Å². The molecule has 0 aromatic carbocycles. The molecule has 1 aliphatic rings. The molecule has 0 aromatic heterocycles. The third-order valence-corrected chi connectivity index (χ3v) is 17.3. The van der Waals surface area contributed by atoms with Crippen LogP contribution in [0.1, 0.15) is 41.5 Å². The Morgan fingerprint density at radius 3 is 1.39 bits per heavy atom. The second-order valence-corrected chi connectivity index (χ2v) is 24.6. The average molecular weight is 421 g/mol. The van der Waals surface area contributed by atoms with Crippen LogP contribution in [0.15, 0.2) is 31.3 Å². The molecule has 1 aliphatic carbocycles. The summed E-state index contributed by atoms with van der Waals surface area (Å²) < 4.78 is 11.0. The van der Waals surface area contributed by atoms with Gasteiger partial charge in [-0.25, -0.2) is 0 Å². The van der Waals surface area contributed by atoms with Gasteiger partial charge in [-0.15, -0.1) is 0 Å². The first-order valence-corrected chi connectivity index (χ1v) is 16.7. The number of hydrogen-bond acceptors (Lipinski definition) is 2. The Morgan fingerprint density at radius 2 is 1.11 bits per heavy atom. The summed E-state index contributed by atoms with van der Waals surface area (Å²) in [6.45, 7) is 13.1. The minimum atomic E-state index is -3.49. The third-order valence-electron chi connectivity index (χ3n) is 2.60. The average Bonchev–Trinajstić information content (AvgIpc) is 2.43. The van der Waals surface area contributed by atoms with Gasteiger partial charge in [0.1, 0.15) is 0 Å². The topological polar surface area (TPSA) is 24.7 Å². The first kappa shape index (κ1) is 15.8. The van der Waals surface area contributed by atoms with Gasteiger partial charge in [-0.2, -0.15) is 0 Å². The van der Waals surface area contributed by atoms with Crippen molar-refractivity contribution in [3.63, 3.8) is 0 Å². The second-order valence-electron chi connectivity index (χ2n) is 7.66. The van der Waals surface area contributed by atoms with Crippen LogP contribution in [0.25, 0.3) is 0 Å². The first-order valence-electron chi connectivity index (χ1n) is 6.53. The molecule has 0 bridgehead atoms. The Hall–Kier alpha value is -0.232. The van der Waals surface area contributed by atoms with Gasteiger partial charge in [-0.05, 0) is 0 Å². The standard InChI is InChI=1S/C5H5.2C4H9N.2CH3.W/c1-2-4-5-3-1;2*1-4(2,3)5;;;/h1-5H;2*1-3H3;2*1H3;. The van der Waals surface area contributed by atoms with E-state index in [0.29, 0.717) is 4.31 Å². The van der Waals surface area contributed by atoms with Gasteiger partial charge in [-0.3, -0.25) is 0 Å². The normalized spacial score (nSPS) is 19.7. The van der Waals surface area contributed by atoms with Crippen LogP contribution >= 0.6 is 0 Å². The molecule has 0 atom stereocenters. The van der Waals surface area contributed by atoms with Crippen molar-refractivity contribution in [1.29, 1.82) is 0 Å². The van der Waals surface area contributed by atoms with E-state index in [9.17, 15) is 0 Å². The summed E-state index contributed by atoms with van der Waals surface area (Å²) in [7, 11) is 0. The van der Waals surface area contributed by atoms with Crippen LogP contribution in [-0.2, 0) is 14.4 Å². The number of rotatable bonds is 1. The third kappa shape index (κ3) is 4.16. The molecule has 0 saturated carbocycles. The Bertz CT molecular complexity index is 476. The second kappa shape index (κ2) is 4.40. The number of nitrogens with zero attached hydrogens (tertiary/aromatic N) is 2. The summed E-state index contributed by atoms with van der Waals surface area (Å²) in [5.41, 5.74) is -0.0413. The first-order chi connectivity index (χ1) is 7.81. The van der Waals surface area contributed by atoms with E-state index in [4.69, 9.17) is 6.99 Å². The van der Waals surface area contributed by atoms with Gasteiger partial charge in [0.25, 0.3) is 0 Å². The molecule has 0 saturated heterocycles. The van der Waals surface area contributed by atoms with E-state index >= 15 is 0 Å². The fourth-order valence-corrected chi connectivity index (χ4v) is 19.5. The van der Waals surface area contributed by atoms with E-state index in [0.717, 1.165) is 0 Å². The molecular weight excluding hydrogens is 392 g/mol. The molecule has 3 heteroatoms. The summed E-state index contributed by atoms with van der Waals surface area (Å²) in [5, 5.41) is 4.72. The van der Waals surface area contributed by atoms with Crippen molar-refractivity contribution in [2.24, 2.45) is 6.99 Å². The van der Waals surface area contributed by atoms with Gasteiger partial charge in [0.2, 0.25) is 0 Å². The molecule has 0 amide bonds. The quantitative estimate of drug-likeness (QED) is 0.523. The molecule has 0 spiro atoms. The Balaban J connectivity index is 3.64. The molecule has 0 fully saturated rings. The van der Waals surface area contributed by atoms with Gasteiger partial charge in [-0.1, -0.05) is 0 Å². The number of hydrogen-bond donors (Lipinski definition) is 0. The minimum absolute atomic E-state index is 0.0206. The van der Waals surface area contributed by atoms with Gasteiger partial charge < -0.3 is 0 Å². The SMILES string of the molecule is CC(C)(C)[N]=[W]([CH3])([CH3])(=[N]C(C)(C)C)[CH]1C=CC=C1. The van der Waals surface area contributed by atoms with Crippen molar-refractivity contribution in [3.8, 4) is 0 Å². The monoisotopic (exact) mass is 421 g/mol. The van der Waals surface area contributed by atoms with E-state index in [1.807, 2.05) is 0 Å². The van der Waals surface area contributed by atoms with Crippen molar-refractivity contribution in [2.75, 3.05) is 0 Å². The van der Waals surface area contributed by atoms with E-state index < -0.39 is 14.4 Å². The summed E-state index contributed by atoms with van der Waals surface area (Å²) in [6, 6.07) is 0. The van der Waals surface area contributed by atoms with Crippen LogP contribution in [0.3, 0.4) is 0 Å². The fraction of sp³-hybridized carbons (Fsp3) is 0.733. The van der Waals surface area contributed by atoms with Crippen molar-refractivity contribution in [3.05, 3.63) is 24.3 Å². The molecule has 0 aromatic rings. The van der Waals surface area contributed by atoms with Crippen molar-refractivity contribution in [1.82, 2.24) is 0 Å². The summed E-state index contributed by atoms with van der Waals surface area (Å²) in [6.07, 6.45) is 8.85. The molecule has 105 valence electrons. The fourth-order valence-electron chi connectivity index (χ4n) is 2.67. The van der Waals surface area contributed by atoms with Crippen molar-refractivity contribution in [2.45, 2.75) is 67.6 Å². The van der Waals surface area contributed by atoms with E-state index in [1.165, 1.54) is 0 Å². The zero-order valence-corrected chi connectivity index (χ0v) is 16.1. The molecule has 0 unspecified atom stereocenters. The molecular formula is C15H29N2W. The molecule has 18 heavy (non-hydrogen) atoms. The zero-order valence-electron chi connectivity index (χ0n) is 13.2. The molecule has 1 rings (SSSR count). The molecule has 0 N–H and O–H groups in total. The molecule has 0 radical (unpaired) electrons. The number of allylic oxidation sites excluding steroid dienone is 4. The Labute approximate surface area is 113 Å². The van der Waals surface area contributed by atoms with E-state index in [1.54, 1.807) is 0 Å². The van der Waals surface area contributed by atoms with Gasteiger partial charge in [0.15, 0.2) is 0 Å². The van der Waals surface area contributed by atoms with Gasteiger partial charge in [0.05, 0.1) is 0 Å². The van der Waals surface area contributed by atoms with Gasteiger partial charge >= 0.3 is 113 Å². The predicted octanol–water partition coefficient (Wildman–Crippen LogP) is 5.65. The zero-order chi connectivity index (χ0) is 14.3. The Morgan fingerprint density at radius 1 is 0.778 bits per heavy atom. The molecule has 0 heterocycles. The van der Waals surface area contributed by atoms with Crippen LogP contribution in [0.2, 0.25) is 14.9 Å². The van der Waals surface area contributed by atoms with Crippen LogP contribution < -0.4 is 0 Å². The van der Waals surface area contributed by atoms with Crippen molar-refractivity contribution >= 4 is 0 Å². The van der Waals surface area contributed by atoms with E-state index in [2.05, 4.69) is 76.5 Å². The summed E-state index contributed by atoms with van der Waals surface area (Å²) >= 11 is -3.49. The maximum atomic E-state index is 5.28. The summed E-state index contributed by atoms with van der Waals surface area (Å²) in [5.74, 6) is 0. The molecule has 2 nitrogen and oxygen atoms in total. The van der Waals surface area contributed by atoms with E-state index in [-0.39, 0.29) is 11.1 Å². The van der Waals surface area contributed by atoms with Crippen LogP contribution in [0.4, 0.5) is 0 Å². The maximum absolute atomic E-state index is 5.28. The predicted molar refractivity (Wildman–Crippen MR) is 78.1 cm³/mol. The Kier molecular flexibility index (Phi) is 3.87. The van der Waals surface area contributed by atoms with Crippen LogP contribution in [0, 0.1) is 0 Å². The van der Waals surface area contributed by atoms with Crippen LogP contribution in [0.5, 0.6) is 0 Å². The van der Waals surface area contributed by atoms with Crippen LogP contribution in [-0.4, -0.2) is 11.1 Å².